The van der Waals surface area contributed by atoms with Gasteiger partial charge in [-0.25, -0.2) is 9.97 Å². The molecule has 6 heteroatoms. The van der Waals surface area contributed by atoms with Crippen LogP contribution >= 0.6 is 11.3 Å². The molecule has 2 heterocycles. The van der Waals surface area contributed by atoms with E-state index in [2.05, 4.69) is 41.4 Å². The van der Waals surface area contributed by atoms with Crippen LogP contribution in [0.25, 0.3) is 10.9 Å². The molecule has 0 saturated carbocycles. The highest BCUT2D eigenvalue weighted by atomic mass is 32.1. The highest BCUT2D eigenvalue weighted by Crippen LogP contribution is 2.27. The number of nitrogens with zero attached hydrogens (tertiary/aromatic N) is 2. The summed E-state index contributed by atoms with van der Waals surface area (Å²) in [6.07, 6.45) is 0. The summed E-state index contributed by atoms with van der Waals surface area (Å²) >= 11 is 1.62. The number of fused-ring (bicyclic) bond motifs is 1. The standard InChI is InChI=1S/C17H20N4OS/c1-10(15-20-13(9-23-15)17(2,3)4)18-16-19-12-8-6-5-7-11(12)14(22)21-16/h5-10H,1-4H3,(H2,18,19,21,22). The van der Waals surface area contributed by atoms with Gasteiger partial charge in [0.1, 0.15) is 5.01 Å². The molecule has 2 aromatic heterocycles. The molecule has 1 unspecified atom stereocenters. The van der Waals surface area contributed by atoms with Crippen LogP contribution in [0.4, 0.5) is 5.95 Å². The van der Waals surface area contributed by atoms with E-state index in [-0.39, 0.29) is 17.0 Å². The van der Waals surface area contributed by atoms with E-state index in [0.29, 0.717) is 16.9 Å². The molecule has 2 N–H and O–H groups in total. The highest BCUT2D eigenvalue weighted by Gasteiger charge is 2.19. The highest BCUT2D eigenvalue weighted by molar-refractivity contribution is 7.09. The van der Waals surface area contributed by atoms with Crippen molar-refractivity contribution in [1.29, 1.82) is 0 Å². The summed E-state index contributed by atoms with van der Waals surface area (Å²) in [5, 5.41) is 6.89. The Morgan fingerprint density at radius 2 is 1.96 bits per heavy atom. The minimum atomic E-state index is -0.139. The minimum absolute atomic E-state index is 0.0274. The Bertz CT molecular complexity index is 891. The molecule has 120 valence electrons. The van der Waals surface area contributed by atoms with Gasteiger partial charge >= 0.3 is 0 Å². The molecule has 0 amide bonds. The zero-order chi connectivity index (χ0) is 16.6. The SMILES string of the molecule is CC(Nc1nc2ccccc2c(=O)[nH]1)c1nc(C(C)(C)C)cs1. The molecule has 0 fully saturated rings. The minimum Gasteiger partial charge on any atom is -0.347 e. The van der Waals surface area contributed by atoms with E-state index in [0.717, 1.165) is 10.7 Å². The molecule has 0 spiro atoms. The van der Waals surface area contributed by atoms with Crippen molar-refractivity contribution < 1.29 is 0 Å². The van der Waals surface area contributed by atoms with Gasteiger partial charge in [-0.3, -0.25) is 9.78 Å². The molecular weight excluding hydrogens is 308 g/mol. The number of anilines is 1. The lowest BCUT2D eigenvalue weighted by Gasteiger charge is -2.15. The van der Waals surface area contributed by atoms with Crippen LogP contribution in [0.5, 0.6) is 0 Å². The summed E-state index contributed by atoms with van der Waals surface area (Å²) in [6, 6.07) is 7.28. The first-order valence-corrected chi connectivity index (χ1v) is 8.44. The van der Waals surface area contributed by atoms with E-state index in [9.17, 15) is 4.79 Å². The number of H-pyrrole nitrogens is 1. The largest absolute Gasteiger partial charge is 0.347 e. The number of rotatable bonds is 3. The molecule has 5 nitrogen and oxygen atoms in total. The molecule has 0 aliphatic heterocycles. The van der Waals surface area contributed by atoms with E-state index < -0.39 is 0 Å². The number of benzene rings is 1. The third kappa shape index (κ3) is 3.27. The smallest absolute Gasteiger partial charge is 0.260 e. The Labute approximate surface area is 138 Å². The van der Waals surface area contributed by atoms with Crippen molar-refractivity contribution in [3.63, 3.8) is 0 Å². The van der Waals surface area contributed by atoms with Gasteiger partial charge in [0.05, 0.1) is 22.6 Å². The monoisotopic (exact) mass is 328 g/mol. The zero-order valence-electron chi connectivity index (χ0n) is 13.7. The number of hydrogen-bond acceptors (Lipinski definition) is 5. The van der Waals surface area contributed by atoms with Gasteiger partial charge in [-0.15, -0.1) is 11.3 Å². The Morgan fingerprint density at radius 3 is 2.65 bits per heavy atom. The van der Waals surface area contributed by atoms with Crippen LogP contribution in [0.3, 0.4) is 0 Å². The molecule has 0 saturated heterocycles. The van der Waals surface area contributed by atoms with Gasteiger partial charge in [0.2, 0.25) is 5.95 Å². The Hall–Kier alpha value is -2.21. The first-order valence-electron chi connectivity index (χ1n) is 7.56. The van der Waals surface area contributed by atoms with Gasteiger partial charge in [-0.2, -0.15) is 0 Å². The van der Waals surface area contributed by atoms with Crippen molar-refractivity contribution in [1.82, 2.24) is 15.0 Å². The molecule has 0 radical (unpaired) electrons. The quantitative estimate of drug-likeness (QED) is 0.766. The van der Waals surface area contributed by atoms with Gasteiger partial charge in [-0.05, 0) is 19.1 Å². The summed E-state index contributed by atoms with van der Waals surface area (Å²) in [6.45, 7) is 8.45. The van der Waals surface area contributed by atoms with E-state index in [4.69, 9.17) is 4.98 Å². The van der Waals surface area contributed by atoms with Crippen LogP contribution in [-0.4, -0.2) is 15.0 Å². The molecule has 1 atom stereocenters. The number of aromatic nitrogens is 3. The fraction of sp³-hybridized carbons (Fsp3) is 0.353. The molecular formula is C17H20N4OS. The van der Waals surface area contributed by atoms with E-state index in [1.54, 1.807) is 17.4 Å². The van der Waals surface area contributed by atoms with Crippen molar-refractivity contribution in [2.75, 3.05) is 5.32 Å². The third-order valence-corrected chi connectivity index (χ3v) is 4.65. The Balaban J connectivity index is 1.87. The van der Waals surface area contributed by atoms with Crippen molar-refractivity contribution in [2.45, 2.75) is 39.2 Å². The fourth-order valence-electron chi connectivity index (χ4n) is 2.25. The molecule has 1 aromatic carbocycles. The number of para-hydroxylation sites is 1. The first-order chi connectivity index (χ1) is 10.8. The predicted molar refractivity (Wildman–Crippen MR) is 95.2 cm³/mol. The number of nitrogens with one attached hydrogen (secondary N) is 2. The summed E-state index contributed by atoms with van der Waals surface area (Å²) < 4.78 is 0. The molecule has 23 heavy (non-hydrogen) atoms. The maximum Gasteiger partial charge on any atom is 0.260 e. The predicted octanol–water partition coefficient (Wildman–Crippen LogP) is 3.85. The maximum absolute atomic E-state index is 12.1. The zero-order valence-corrected chi connectivity index (χ0v) is 14.5. The Morgan fingerprint density at radius 1 is 1.22 bits per heavy atom. The van der Waals surface area contributed by atoms with Gasteiger partial charge in [0.15, 0.2) is 0 Å². The van der Waals surface area contributed by atoms with Crippen LogP contribution < -0.4 is 10.9 Å². The lowest BCUT2D eigenvalue weighted by Crippen LogP contribution is -2.16. The van der Waals surface area contributed by atoms with Crippen LogP contribution in [0.1, 0.15) is 44.4 Å². The Kier molecular flexibility index (Phi) is 3.93. The summed E-state index contributed by atoms with van der Waals surface area (Å²) in [4.78, 5) is 24.1. The third-order valence-electron chi connectivity index (χ3n) is 3.63. The lowest BCUT2D eigenvalue weighted by molar-refractivity contribution is 0.569. The van der Waals surface area contributed by atoms with Crippen LogP contribution in [0.15, 0.2) is 34.4 Å². The van der Waals surface area contributed by atoms with Crippen LogP contribution in [0.2, 0.25) is 0 Å². The van der Waals surface area contributed by atoms with Crippen molar-refractivity contribution >= 4 is 28.2 Å². The number of thiazole rings is 1. The summed E-state index contributed by atoms with van der Waals surface area (Å²) in [5.74, 6) is 0.466. The van der Waals surface area contributed by atoms with E-state index in [1.165, 1.54) is 0 Å². The van der Waals surface area contributed by atoms with Gasteiger partial charge < -0.3 is 5.32 Å². The normalized spacial score (nSPS) is 13.2. The van der Waals surface area contributed by atoms with Crippen LogP contribution in [0, 0.1) is 0 Å². The van der Waals surface area contributed by atoms with Crippen molar-refractivity contribution in [3.05, 3.63) is 50.7 Å². The number of aromatic amines is 1. The van der Waals surface area contributed by atoms with Gasteiger partial charge in [-0.1, -0.05) is 32.9 Å². The first kappa shape index (κ1) is 15.7. The number of hydrogen-bond donors (Lipinski definition) is 2. The maximum atomic E-state index is 12.1. The van der Waals surface area contributed by atoms with E-state index >= 15 is 0 Å². The average molecular weight is 328 g/mol. The fourth-order valence-corrected chi connectivity index (χ4v) is 3.31. The average Bonchev–Trinajstić information content (AvgIpc) is 2.97. The summed E-state index contributed by atoms with van der Waals surface area (Å²) in [5.41, 5.74) is 1.65. The van der Waals surface area contributed by atoms with Gasteiger partial charge in [0, 0.05) is 10.8 Å². The van der Waals surface area contributed by atoms with Crippen molar-refractivity contribution in [2.24, 2.45) is 0 Å². The van der Waals surface area contributed by atoms with Crippen LogP contribution in [-0.2, 0) is 5.41 Å². The molecule has 0 aliphatic carbocycles. The molecule has 0 bridgehead atoms. The second-order valence-electron chi connectivity index (χ2n) is 6.62. The summed E-state index contributed by atoms with van der Waals surface area (Å²) in [7, 11) is 0. The second-order valence-corrected chi connectivity index (χ2v) is 7.51. The van der Waals surface area contributed by atoms with Crippen molar-refractivity contribution in [3.8, 4) is 0 Å². The molecule has 0 aliphatic rings. The van der Waals surface area contributed by atoms with Gasteiger partial charge in [0.25, 0.3) is 5.56 Å². The topological polar surface area (TPSA) is 70.7 Å². The molecule has 3 aromatic rings. The lowest BCUT2D eigenvalue weighted by atomic mass is 9.93. The second kappa shape index (κ2) is 5.77. The molecule has 3 rings (SSSR count). The van der Waals surface area contributed by atoms with E-state index in [1.807, 2.05) is 25.1 Å².